The van der Waals surface area contributed by atoms with E-state index in [1.54, 1.807) is 19.1 Å². The van der Waals surface area contributed by atoms with E-state index in [4.69, 9.17) is 0 Å². The normalized spacial score (nSPS) is 13.8. The Morgan fingerprint density at radius 2 is 1.72 bits per heavy atom. The van der Waals surface area contributed by atoms with E-state index < -0.39 is 6.10 Å². The quantitative estimate of drug-likeness (QED) is 0.859. The van der Waals surface area contributed by atoms with Gasteiger partial charge < -0.3 is 10.2 Å². The van der Waals surface area contributed by atoms with Crippen LogP contribution < -0.4 is 0 Å². The first-order valence-electron chi connectivity index (χ1n) is 6.43. The van der Waals surface area contributed by atoms with Crippen LogP contribution in [0.4, 0.5) is 0 Å². The molecule has 0 fully saturated rings. The highest BCUT2D eigenvalue weighted by Crippen LogP contribution is 2.31. The fraction of sp³-hybridized carbons (Fsp3) is 0.533. The third-order valence-electron chi connectivity index (χ3n) is 2.76. The Kier molecular flexibility index (Phi) is 4.91. The van der Waals surface area contributed by atoms with E-state index in [9.17, 15) is 10.2 Å². The molecule has 0 spiro atoms. The van der Waals surface area contributed by atoms with E-state index in [0.29, 0.717) is 11.6 Å². The van der Waals surface area contributed by atoms with E-state index in [2.05, 4.69) is 18.8 Å². The average Bonchev–Trinajstić information content (AvgIpc) is 2.26. The van der Waals surface area contributed by atoms with Crippen molar-refractivity contribution in [2.75, 3.05) is 0 Å². The minimum Gasteiger partial charge on any atom is -0.505 e. The lowest BCUT2D eigenvalue weighted by Gasteiger charge is -2.14. The molecule has 1 rings (SSSR count). The van der Waals surface area contributed by atoms with Gasteiger partial charge in [0.25, 0.3) is 0 Å². The lowest BCUT2D eigenvalue weighted by atomic mass is 10.0. The SMILES string of the molecule is CC(O)C=Cc1cc(C(C)C)nc(C(C)C)c1O. The van der Waals surface area contributed by atoms with Crippen molar-refractivity contribution >= 4 is 6.08 Å². The van der Waals surface area contributed by atoms with Gasteiger partial charge in [-0.15, -0.1) is 0 Å². The van der Waals surface area contributed by atoms with Crippen molar-refractivity contribution in [2.24, 2.45) is 0 Å². The van der Waals surface area contributed by atoms with E-state index in [1.165, 1.54) is 0 Å². The van der Waals surface area contributed by atoms with Crippen LogP contribution in [-0.4, -0.2) is 21.3 Å². The fourth-order valence-electron chi connectivity index (χ4n) is 1.67. The summed E-state index contributed by atoms with van der Waals surface area (Å²) in [7, 11) is 0. The minimum atomic E-state index is -0.525. The summed E-state index contributed by atoms with van der Waals surface area (Å²) in [5, 5.41) is 19.5. The summed E-state index contributed by atoms with van der Waals surface area (Å²) >= 11 is 0. The number of hydrogen-bond donors (Lipinski definition) is 2. The average molecular weight is 249 g/mol. The molecule has 100 valence electrons. The number of hydrogen-bond acceptors (Lipinski definition) is 3. The Morgan fingerprint density at radius 3 is 2.17 bits per heavy atom. The molecule has 0 radical (unpaired) electrons. The highest BCUT2D eigenvalue weighted by molar-refractivity contribution is 5.59. The lowest BCUT2D eigenvalue weighted by Crippen LogP contribution is -2.02. The van der Waals surface area contributed by atoms with Gasteiger partial charge in [-0.1, -0.05) is 39.8 Å². The van der Waals surface area contributed by atoms with Gasteiger partial charge in [0, 0.05) is 11.3 Å². The van der Waals surface area contributed by atoms with Crippen LogP contribution in [0.1, 0.15) is 63.4 Å². The molecule has 1 aromatic rings. The number of aliphatic hydroxyl groups excluding tert-OH is 1. The molecule has 2 N–H and O–H groups in total. The topological polar surface area (TPSA) is 53.4 Å². The Morgan fingerprint density at radius 1 is 1.11 bits per heavy atom. The van der Waals surface area contributed by atoms with E-state index in [1.807, 2.05) is 19.9 Å². The second-order valence-corrected chi connectivity index (χ2v) is 5.28. The molecule has 0 aliphatic rings. The third kappa shape index (κ3) is 3.57. The summed E-state index contributed by atoms with van der Waals surface area (Å²) in [5.41, 5.74) is 2.39. The van der Waals surface area contributed by atoms with E-state index in [-0.39, 0.29) is 11.7 Å². The summed E-state index contributed by atoms with van der Waals surface area (Å²) in [6.07, 6.45) is 2.88. The Labute approximate surface area is 109 Å². The maximum absolute atomic E-state index is 10.2. The molecular formula is C15H23NO2. The monoisotopic (exact) mass is 249 g/mol. The molecule has 1 aromatic heterocycles. The predicted octanol–water partition coefficient (Wildman–Crippen LogP) is 3.43. The molecular weight excluding hydrogens is 226 g/mol. The van der Waals surface area contributed by atoms with Gasteiger partial charge in [-0.3, -0.25) is 4.98 Å². The van der Waals surface area contributed by atoms with Gasteiger partial charge in [0.1, 0.15) is 5.75 Å². The van der Waals surface area contributed by atoms with Crippen LogP contribution in [0.5, 0.6) is 5.75 Å². The minimum absolute atomic E-state index is 0.169. The summed E-state index contributed by atoms with van der Waals surface area (Å²) in [6, 6.07) is 1.88. The van der Waals surface area contributed by atoms with Crippen LogP contribution in [0.3, 0.4) is 0 Å². The van der Waals surface area contributed by atoms with Gasteiger partial charge in [-0.25, -0.2) is 0 Å². The van der Waals surface area contributed by atoms with Crippen LogP contribution in [0.25, 0.3) is 6.08 Å². The summed E-state index contributed by atoms with van der Waals surface area (Å²) in [5.74, 6) is 0.690. The maximum atomic E-state index is 10.2. The van der Waals surface area contributed by atoms with Crippen molar-refractivity contribution < 1.29 is 10.2 Å². The smallest absolute Gasteiger partial charge is 0.144 e. The molecule has 1 heterocycles. The van der Waals surface area contributed by atoms with Crippen LogP contribution in [0.15, 0.2) is 12.1 Å². The molecule has 0 aliphatic carbocycles. The zero-order valence-electron chi connectivity index (χ0n) is 11.8. The first kappa shape index (κ1) is 14.7. The number of rotatable bonds is 4. The molecule has 0 saturated carbocycles. The zero-order chi connectivity index (χ0) is 13.9. The number of aromatic hydroxyl groups is 1. The summed E-state index contributed by atoms with van der Waals surface area (Å²) in [6.45, 7) is 9.85. The van der Waals surface area contributed by atoms with Crippen molar-refractivity contribution in [1.82, 2.24) is 4.98 Å². The first-order valence-corrected chi connectivity index (χ1v) is 6.43. The summed E-state index contributed by atoms with van der Waals surface area (Å²) in [4.78, 5) is 4.51. The highest BCUT2D eigenvalue weighted by Gasteiger charge is 2.14. The number of aromatic nitrogens is 1. The van der Waals surface area contributed by atoms with Crippen molar-refractivity contribution in [3.05, 3.63) is 29.1 Å². The van der Waals surface area contributed by atoms with E-state index >= 15 is 0 Å². The van der Waals surface area contributed by atoms with E-state index in [0.717, 1.165) is 11.3 Å². The molecule has 0 amide bonds. The molecule has 0 saturated heterocycles. The number of aliphatic hydroxyl groups is 1. The zero-order valence-corrected chi connectivity index (χ0v) is 11.8. The van der Waals surface area contributed by atoms with Crippen LogP contribution in [-0.2, 0) is 0 Å². The molecule has 3 heteroatoms. The Hall–Kier alpha value is -1.35. The third-order valence-corrected chi connectivity index (χ3v) is 2.76. The Bertz CT molecular complexity index is 434. The molecule has 1 unspecified atom stereocenters. The molecule has 0 aliphatic heterocycles. The van der Waals surface area contributed by atoms with Crippen molar-refractivity contribution in [3.63, 3.8) is 0 Å². The number of nitrogens with zero attached hydrogens (tertiary/aromatic N) is 1. The number of pyridine rings is 1. The lowest BCUT2D eigenvalue weighted by molar-refractivity contribution is 0.245. The van der Waals surface area contributed by atoms with Crippen LogP contribution in [0, 0.1) is 0 Å². The van der Waals surface area contributed by atoms with Crippen LogP contribution in [0.2, 0.25) is 0 Å². The van der Waals surface area contributed by atoms with Crippen molar-refractivity contribution in [1.29, 1.82) is 0 Å². The predicted molar refractivity (Wildman–Crippen MR) is 74.8 cm³/mol. The largest absolute Gasteiger partial charge is 0.505 e. The van der Waals surface area contributed by atoms with Gasteiger partial charge in [-0.2, -0.15) is 0 Å². The van der Waals surface area contributed by atoms with Gasteiger partial charge in [0.2, 0.25) is 0 Å². The second-order valence-electron chi connectivity index (χ2n) is 5.28. The van der Waals surface area contributed by atoms with Crippen molar-refractivity contribution in [3.8, 4) is 5.75 Å². The maximum Gasteiger partial charge on any atom is 0.144 e. The molecule has 0 bridgehead atoms. The van der Waals surface area contributed by atoms with Gasteiger partial charge in [0.15, 0.2) is 0 Å². The van der Waals surface area contributed by atoms with Gasteiger partial charge in [-0.05, 0) is 24.8 Å². The first-order chi connectivity index (χ1) is 8.32. The van der Waals surface area contributed by atoms with Gasteiger partial charge in [0.05, 0.1) is 11.8 Å². The van der Waals surface area contributed by atoms with Gasteiger partial charge >= 0.3 is 0 Å². The van der Waals surface area contributed by atoms with Crippen LogP contribution >= 0.6 is 0 Å². The standard InChI is InChI=1S/C15H23NO2/c1-9(2)13-8-12(7-6-11(5)17)15(18)14(16-13)10(3)4/h6-11,17-18H,1-5H3. The molecule has 18 heavy (non-hydrogen) atoms. The summed E-state index contributed by atoms with van der Waals surface area (Å²) < 4.78 is 0. The second kappa shape index (κ2) is 6.01. The molecule has 1 atom stereocenters. The molecule has 0 aromatic carbocycles. The molecule has 3 nitrogen and oxygen atoms in total. The van der Waals surface area contributed by atoms with Crippen molar-refractivity contribution in [2.45, 2.75) is 52.6 Å². The fourth-order valence-corrected chi connectivity index (χ4v) is 1.67. The Balaban J connectivity index is 3.31. The highest BCUT2D eigenvalue weighted by atomic mass is 16.3.